The fraction of sp³-hybridized carbons (Fsp3) is 0.348. The van der Waals surface area contributed by atoms with Crippen molar-refractivity contribution in [2.45, 2.75) is 26.6 Å². The lowest BCUT2D eigenvalue weighted by Gasteiger charge is -2.14. The fourth-order valence-corrected chi connectivity index (χ4v) is 3.85. The lowest BCUT2D eigenvalue weighted by atomic mass is 10.1. The number of nitrogens with zero attached hydrogens (tertiary/aromatic N) is 1. The average Bonchev–Trinajstić information content (AvgIpc) is 3.11. The Morgan fingerprint density at radius 3 is 2.16 bits per heavy atom. The highest BCUT2D eigenvalue weighted by Gasteiger charge is 2.22. The molecule has 0 saturated carbocycles. The summed E-state index contributed by atoms with van der Waals surface area (Å²) in [6.45, 7) is 3.34. The number of nitrogens with one attached hydrogen (secondary N) is 1. The second-order valence-electron chi connectivity index (χ2n) is 6.90. The highest BCUT2D eigenvalue weighted by Crippen LogP contribution is 2.38. The maximum absolute atomic E-state index is 12.1. The number of fused-ring (bicyclic) bond motifs is 1. The minimum absolute atomic E-state index is 0.281. The van der Waals surface area contributed by atoms with Crippen molar-refractivity contribution < 1.29 is 28.8 Å². The molecule has 166 valence electrons. The monoisotopic (exact) mass is 428 g/mol. The van der Waals surface area contributed by atoms with Crippen LogP contribution in [0, 0.1) is 0 Å². The van der Waals surface area contributed by atoms with Crippen LogP contribution in [0.3, 0.4) is 0 Å². The van der Waals surface area contributed by atoms with E-state index in [1.54, 1.807) is 33.0 Å². The van der Waals surface area contributed by atoms with Crippen molar-refractivity contribution >= 4 is 16.9 Å². The molecule has 0 spiro atoms. The Balaban J connectivity index is 1.92. The van der Waals surface area contributed by atoms with Crippen LogP contribution in [0.4, 0.5) is 0 Å². The summed E-state index contributed by atoms with van der Waals surface area (Å²) in [5.74, 6) is 1.40. The Kier molecular flexibility index (Phi) is 6.91. The Labute approximate surface area is 181 Å². The molecule has 31 heavy (non-hydrogen) atoms. The molecule has 1 aromatic heterocycles. The number of carboxylic acids is 1. The number of hydrogen-bond acceptors (Lipinski definition) is 6. The molecule has 8 nitrogen and oxygen atoms in total. The number of aryl methyl sites for hydroxylation is 1. The van der Waals surface area contributed by atoms with Gasteiger partial charge in [-0.25, -0.2) is 4.79 Å². The van der Waals surface area contributed by atoms with Crippen LogP contribution in [0.2, 0.25) is 0 Å². The van der Waals surface area contributed by atoms with E-state index in [9.17, 15) is 9.90 Å². The van der Waals surface area contributed by atoms with E-state index in [2.05, 4.69) is 5.32 Å². The van der Waals surface area contributed by atoms with E-state index in [1.165, 1.54) is 0 Å². The zero-order chi connectivity index (χ0) is 22.5. The van der Waals surface area contributed by atoms with Crippen LogP contribution in [0.5, 0.6) is 23.0 Å². The van der Waals surface area contributed by atoms with Gasteiger partial charge < -0.3 is 33.9 Å². The number of methoxy groups -OCH3 is 4. The third kappa shape index (κ3) is 4.25. The third-order valence-corrected chi connectivity index (χ3v) is 5.25. The lowest BCUT2D eigenvalue weighted by Crippen LogP contribution is -2.17. The highest BCUT2D eigenvalue weighted by atomic mass is 16.5. The molecule has 0 aliphatic carbocycles. The van der Waals surface area contributed by atoms with E-state index in [4.69, 9.17) is 18.9 Å². The van der Waals surface area contributed by atoms with Crippen molar-refractivity contribution in [3.8, 4) is 23.0 Å². The van der Waals surface area contributed by atoms with Gasteiger partial charge in [-0.1, -0.05) is 0 Å². The number of carbonyl (C=O) groups is 1. The maximum atomic E-state index is 12.1. The van der Waals surface area contributed by atoms with Gasteiger partial charge in [0.1, 0.15) is 11.4 Å². The Morgan fingerprint density at radius 1 is 0.968 bits per heavy atom. The molecule has 1 heterocycles. The van der Waals surface area contributed by atoms with Gasteiger partial charge in [0, 0.05) is 36.7 Å². The molecule has 3 aromatic rings. The smallest absolute Gasteiger partial charge is 0.352 e. The van der Waals surface area contributed by atoms with E-state index < -0.39 is 5.97 Å². The Bertz CT molecular complexity index is 1060. The maximum Gasteiger partial charge on any atom is 0.352 e. The van der Waals surface area contributed by atoms with Gasteiger partial charge in [0.25, 0.3) is 0 Å². The number of hydrogen-bond donors (Lipinski definition) is 2. The topological polar surface area (TPSA) is 91.2 Å². The van der Waals surface area contributed by atoms with E-state index in [1.807, 2.05) is 37.3 Å². The van der Waals surface area contributed by atoms with Gasteiger partial charge in [-0.3, -0.25) is 0 Å². The molecule has 0 radical (unpaired) electrons. The van der Waals surface area contributed by atoms with Crippen molar-refractivity contribution in [1.82, 2.24) is 9.88 Å². The van der Waals surface area contributed by atoms with Gasteiger partial charge in [-0.2, -0.15) is 0 Å². The van der Waals surface area contributed by atoms with Crippen LogP contribution in [-0.4, -0.2) is 44.1 Å². The number of aromatic nitrogens is 1. The van der Waals surface area contributed by atoms with Crippen molar-refractivity contribution in [3.63, 3.8) is 0 Å². The summed E-state index contributed by atoms with van der Waals surface area (Å²) in [5, 5.41) is 14.1. The number of ether oxygens (including phenoxy) is 4. The summed E-state index contributed by atoms with van der Waals surface area (Å²) in [4.78, 5) is 12.1. The predicted molar refractivity (Wildman–Crippen MR) is 118 cm³/mol. The standard InChI is InChI=1S/C23H28N2O6/c1-6-25-18-11-15(28-2)7-8-16(18)17(21(25)23(26)27)13-24-12-14-9-19(29-3)22(31-5)20(10-14)30-4/h7-11,24H,6,12-13H2,1-5H3,(H,26,27). The predicted octanol–water partition coefficient (Wildman–Crippen LogP) is 3.68. The van der Waals surface area contributed by atoms with Gasteiger partial charge >= 0.3 is 5.97 Å². The van der Waals surface area contributed by atoms with E-state index in [0.29, 0.717) is 42.6 Å². The zero-order valence-corrected chi connectivity index (χ0v) is 18.4. The van der Waals surface area contributed by atoms with Crippen LogP contribution >= 0.6 is 0 Å². The molecule has 8 heteroatoms. The summed E-state index contributed by atoms with van der Waals surface area (Å²) < 4.78 is 23.3. The van der Waals surface area contributed by atoms with Crippen LogP contribution in [0.1, 0.15) is 28.5 Å². The van der Waals surface area contributed by atoms with E-state index in [-0.39, 0.29) is 5.69 Å². The van der Waals surface area contributed by atoms with Crippen LogP contribution in [0.15, 0.2) is 30.3 Å². The molecule has 2 aromatic carbocycles. The number of carboxylic acid groups (broad SMARTS) is 1. The van der Waals surface area contributed by atoms with Gasteiger partial charge in [-0.15, -0.1) is 0 Å². The molecule has 2 N–H and O–H groups in total. The van der Waals surface area contributed by atoms with Gasteiger partial charge in [0.05, 0.1) is 34.0 Å². The van der Waals surface area contributed by atoms with Crippen LogP contribution in [-0.2, 0) is 19.6 Å². The number of rotatable bonds is 10. The SMILES string of the molecule is CCn1c(C(=O)O)c(CNCc2cc(OC)c(OC)c(OC)c2)c2ccc(OC)cc21. The minimum Gasteiger partial charge on any atom is -0.497 e. The summed E-state index contributed by atoms with van der Waals surface area (Å²) in [6.07, 6.45) is 0. The van der Waals surface area contributed by atoms with Crippen LogP contribution in [0.25, 0.3) is 10.9 Å². The van der Waals surface area contributed by atoms with Crippen LogP contribution < -0.4 is 24.3 Å². The minimum atomic E-state index is -0.957. The molecular weight excluding hydrogens is 400 g/mol. The second-order valence-corrected chi connectivity index (χ2v) is 6.90. The molecule has 0 atom stereocenters. The zero-order valence-electron chi connectivity index (χ0n) is 18.4. The third-order valence-electron chi connectivity index (χ3n) is 5.25. The first-order chi connectivity index (χ1) is 15.0. The fourth-order valence-electron chi connectivity index (χ4n) is 3.85. The highest BCUT2D eigenvalue weighted by molar-refractivity contribution is 5.98. The first kappa shape index (κ1) is 22.3. The molecule has 0 bridgehead atoms. The molecule has 0 aliphatic rings. The van der Waals surface area contributed by atoms with E-state index >= 15 is 0 Å². The van der Waals surface area contributed by atoms with Crippen molar-refractivity contribution in [2.75, 3.05) is 28.4 Å². The molecule has 0 saturated heterocycles. The van der Waals surface area contributed by atoms with Crippen molar-refractivity contribution in [2.24, 2.45) is 0 Å². The lowest BCUT2D eigenvalue weighted by molar-refractivity contribution is 0.0684. The summed E-state index contributed by atoms with van der Waals surface area (Å²) in [5.41, 5.74) is 2.78. The quantitative estimate of drug-likeness (QED) is 0.509. The first-order valence-electron chi connectivity index (χ1n) is 9.90. The Hall–Kier alpha value is -3.39. The number of benzene rings is 2. The summed E-state index contributed by atoms with van der Waals surface area (Å²) in [6, 6.07) is 9.35. The molecule has 3 rings (SSSR count). The average molecular weight is 428 g/mol. The Morgan fingerprint density at radius 2 is 1.65 bits per heavy atom. The van der Waals surface area contributed by atoms with Gasteiger partial charge in [0.2, 0.25) is 5.75 Å². The van der Waals surface area contributed by atoms with Crippen molar-refractivity contribution in [1.29, 1.82) is 0 Å². The summed E-state index contributed by atoms with van der Waals surface area (Å²) >= 11 is 0. The molecule has 0 amide bonds. The van der Waals surface area contributed by atoms with Gasteiger partial charge in [0.15, 0.2) is 11.5 Å². The van der Waals surface area contributed by atoms with Gasteiger partial charge in [-0.05, 0) is 36.8 Å². The molecule has 0 fully saturated rings. The summed E-state index contributed by atoms with van der Waals surface area (Å²) in [7, 11) is 6.30. The van der Waals surface area contributed by atoms with Crippen molar-refractivity contribution in [3.05, 3.63) is 47.2 Å². The molecular formula is C23H28N2O6. The molecule has 0 aliphatic heterocycles. The molecule has 0 unspecified atom stereocenters. The van der Waals surface area contributed by atoms with E-state index in [0.717, 1.165) is 22.0 Å². The first-order valence-corrected chi connectivity index (χ1v) is 9.90. The largest absolute Gasteiger partial charge is 0.497 e. The second kappa shape index (κ2) is 9.61. The normalized spacial score (nSPS) is 10.9. The number of aromatic carboxylic acids is 1.